The van der Waals surface area contributed by atoms with E-state index in [0.717, 1.165) is 12.3 Å². The SMILES string of the molecule is CS(=O)(=O)CCCCC(c1cccc(F)c1F)S(=O)(=O)c1ccc(Cl)cc1. The molecule has 0 bridgehead atoms. The molecule has 2 aromatic carbocycles. The van der Waals surface area contributed by atoms with Crippen LogP contribution in [0.15, 0.2) is 47.4 Å². The van der Waals surface area contributed by atoms with Crippen LogP contribution in [-0.4, -0.2) is 28.8 Å². The molecule has 0 saturated heterocycles. The van der Waals surface area contributed by atoms with Crippen molar-refractivity contribution in [1.82, 2.24) is 0 Å². The molecule has 0 fully saturated rings. The number of rotatable bonds is 8. The number of hydrogen-bond acceptors (Lipinski definition) is 4. The van der Waals surface area contributed by atoms with E-state index in [4.69, 9.17) is 11.6 Å². The molecule has 4 nitrogen and oxygen atoms in total. The molecule has 0 N–H and O–H groups in total. The summed E-state index contributed by atoms with van der Waals surface area (Å²) >= 11 is 5.79. The predicted molar refractivity (Wildman–Crippen MR) is 101 cm³/mol. The summed E-state index contributed by atoms with van der Waals surface area (Å²) in [6.07, 6.45) is 1.49. The lowest BCUT2D eigenvalue weighted by molar-refractivity contribution is 0.490. The Bertz CT molecular complexity index is 1000. The summed E-state index contributed by atoms with van der Waals surface area (Å²) in [5.41, 5.74) is -0.274. The van der Waals surface area contributed by atoms with Crippen LogP contribution in [0.25, 0.3) is 0 Å². The summed E-state index contributed by atoms with van der Waals surface area (Å²) < 4.78 is 76.6. The van der Waals surface area contributed by atoms with Gasteiger partial charge >= 0.3 is 0 Å². The molecule has 0 aliphatic rings. The second kappa shape index (κ2) is 8.67. The van der Waals surface area contributed by atoms with E-state index in [-0.39, 0.29) is 35.5 Å². The molecular weight excluding hydrogens is 418 g/mol. The van der Waals surface area contributed by atoms with E-state index in [9.17, 15) is 25.6 Å². The Morgan fingerprint density at radius 2 is 1.59 bits per heavy atom. The Balaban J connectivity index is 2.39. The first-order valence-electron chi connectivity index (χ1n) is 8.13. The summed E-state index contributed by atoms with van der Waals surface area (Å²) in [5.74, 6) is -2.46. The van der Waals surface area contributed by atoms with Crippen molar-refractivity contribution < 1.29 is 25.6 Å². The van der Waals surface area contributed by atoms with Crippen LogP contribution in [0.3, 0.4) is 0 Å². The lowest BCUT2D eigenvalue weighted by Gasteiger charge is -2.19. The van der Waals surface area contributed by atoms with Crippen LogP contribution in [-0.2, 0) is 19.7 Å². The lowest BCUT2D eigenvalue weighted by Crippen LogP contribution is -2.16. The van der Waals surface area contributed by atoms with Crippen molar-refractivity contribution in [3.63, 3.8) is 0 Å². The molecule has 0 aliphatic carbocycles. The summed E-state index contributed by atoms with van der Waals surface area (Å²) in [6, 6.07) is 8.79. The third-order valence-electron chi connectivity index (χ3n) is 4.08. The fraction of sp³-hybridized carbons (Fsp3) is 0.333. The van der Waals surface area contributed by atoms with Gasteiger partial charge in [0.05, 0.1) is 10.1 Å². The van der Waals surface area contributed by atoms with Crippen molar-refractivity contribution in [3.8, 4) is 0 Å². The zero-order valence-electron chi connectivity index (χ0n) is 14.5. The molecule has 27 heavy (non-hydrogen) atoms. The van der Waals surface area contributed by atoms with Crippen LogP contribution in [0.4, 0.5) is 8.78 Å². The van der Waals surface area contributed by atoms with Crippen molar-refractivity contribution >= 4 is 31.3 Å². The summed E-state index contributed by atoms with van der Waals surface area (Å²) in [6.45, 7) is 0. The number of halogens is 3. The van der Waals surface area contributed by atoms with Crippen molar-refractivity contribution in [1.29, 1.82) is 0 Å². The van der Waals surface area contributed by atoms with Gasteiger partial charge in [-0.3, -0.25) is 0 Å². The van der Waals surface area contributed by atoms with Crippen LogP contribution >= 0.6 is 11.6 Å². The molecule has 2 aromatic rings. The molecule has 1 atom stereocenters. The van der Waals surface area contributed by atoms with Crippen LogP contribution in [0, 0.1) is 11.6 Å². The van der Waals surface area contributed by atoms with E-state index < -0.39 is 36.6 Å². The average Bonchev–Trinajstić information content (AvgIpc) is 2.57. The smallest absolute Gasteiger partial charge is 0.185 e. The average molecular weight is 437 g/mol. The summed E-state index contributed by atoms with van der Waals surface area (Å²) in [5, 5.41) is -0.996. The van der Waals surface area contributed by atoms with Gasteiger partial charge in [-0.15, -0.1) is 0 Å². The quantitative estimate of drug-likeness (QED) is 0.577. The van der Waals surface area contributed by atoms with Crippen molar-refractivity contribution in [3.05, 3.63) is 64.7 Å². The first-order valence-corrected chi connectivity index (χ1v) is 12.1. The van der Waals surface area contributed by atoms with Crippen molar-refractivity contribution in [2.24, 2.45) is 0 Å². The van der Waals surface area contributed by atoms with Gasteiger partial charge in [0.15, 0.2) is 21.5 Å². The van der Waals surface area contributed by atoms with Gasteiger partial charge in [-0.05, 0) is 43.2 Å². The number of benzene rings is 2. The van der Waals surface area contributed by atoms with Crippen LogP contribution in [0.1, 0.15) is 30.1 Å². The number of sulfone groups is 2. The van der Waals surface area contributed by atoms with Crippen LogP contribution in [0.5, 0.6) is 0 Å². The molecule has 0 aliphatic heterocycles. The Morgan fingerprint density at radius 3 is 2.19 bits per heavy atom. The molecule has 9 heteroatoms. The maximum absolute atomic E-state index is 14.3. The van der Waals surface area contributed by atoms with E-state index in [1.807, 2.05) is 0 Å². The van der Waals surface area contributed by atoms with Crippen LogP contribution in [0.2, 0.25) is 5.02 Å². The molecule has 2 rings (SSSR count). The molecule has 0 saturated carbocycles. The van der Waals surface area contributed by atoms with Gasteiger partial charge in [-0.1, -0.05) is 30.2 Å². The molecule has 0 spiro atoms. The predicted octanol–water partition coefficient (Wildman–Crippen LogP) is 4.35. The van der Waals surface area contributed by atoms with Gasteiger partial charge in [0, 0.05) is 22.6 Å². The van der Waals surface area contributed by atoms with Gasteiger partial charge in [-0.25, -0.2) is 25.6 Å². The van der Waals surface area contributed by atoms with E-state index in [0.29, 0.717) is 5.02 Å². The molecule has 0 radical (unpaired) electrons. The van der Waals surface area contributed by atoms with E-state index >= 15 is 0 Å². The summed E-state index contributed by atoms with van der Waals surface area (Å²) in [7, 11) is -7.23. The second-order valence-corrected chi connectivity index (χ2v) is 11.1. The molecule has 1 unspecified atom stereocenters. The van der Waals surface area contributed by atoms with E-state index in [1.165, 1.54) is 36.4 Å². The largest absolute Gasteiger partial charge is 0.229 e. The standard InChI is InChI=1S/C18H19ClF2O4S2/c1-26(22,23)12-3-2-7-17(15-5-4-6-16(20)18(15)21)27(24,25)14-10-8-13(19)9-11-14/h4-6,8-11,17H,2-3,7,12H2,1H3. The second-order valence-electron chi connectivity index (χ2n) is 6.26. The highest BCUT2D eigenvalue weighted by Gasteiger charge is 2.31. The minimum Gasteiger partial charge on any atom is -0.229 e. The Kier molecular flexibility index (Phi) is 6.99. The van der Waals surface area contributed by atoms with Crippen molar-refractivity contribution in [2.45, 2.75) is 29.4 Å². The first kappa shape index (κ1) is 21.8. The molecule has 0 heterocycles. The Labute approximate surface area is 163 Å². The maximum Gasteiger partial charge on any atom is 0.185 e. The molecule has 148 valence electrons. The summed E-state index contributed by atoms with van der Waals surface area (Å²) in [4.78, 5) is -0.0660. The van der Waals surface area contributed by atoms with Crippen LogP contribution < -0.4 is 0 Å². The zero-order chi connectivity index (χ0) is 20.2. The highest BCUT2D eigenvalue weighted by atomic mass is 35.5. The molecular formula is C18H19ClF2O4S2. The minimum absolute atomic E-state index is 0.0408. The molecule has 0 aromatic heterocycles. The minimum atomic E-state index is -4.04. The number of hydrogen-bond donors (Lipinski definition) is 0. The Morgan fingerprint density at radius 1 is 0.963 bits per heavy atom. The zero-order valence-corrected chi connectivity index (χ0v) is 16.9. The first-order chi connectivity index (χ1) is 12.5. The number of unbranched alkanes of at least 4 members (excludes halogenated alkanes) is 1. The third kappa shape index (κ3) is 5.73. The highest BCUT2D eigenvalue weighted by molar-refractivity contribution is 7.91. The molecule has 0 amide bonds. The van der Waals surface area contributed by atoms with Crippen molar-refractivity contribution in [2.75, 3.05) is 12.0 Å². The van der Waals surface area contributed by atoms with Gasteiger partial charge in [-0.2, -0.15) is 0 Å². The topological polar surface area (TPSA) is 68.3 Å². The monoisotopic (exact) mass is 436 g/mol. The fourth-order valence-corrected chi connectivity index (χ4v) is 5.42. The normalized spacial score (nSPS) is 13.5. The maximum atomic E-state index is 14.3. The van der Waals surface area contributed by atoms with Gasteiger partial charge in [0.1, 0.15) is 9.84 Å². The van der Waals surface area contributed by atoms with E-state index in [2.05, 4.69) is 0 Å². The lowest BCUT2D eigenvalue weighted by atomic mass is 10.1. The third-order valence-corrected chi connectivity index (χ3v) is 7.53. The van der Waals surface area contributed by atoms with Gasteiger partial charge in [0.25, 0.3) is 0 Å². The van der Waals surface area contributed by atoms with E-state index in [1.54, 1.807) is 0 Å². The van der Waals surface area contributed by atoms with Gasteiger partial charge in [0.2, 0.25) is 0 Å². The highest BCUT2D eigenvalue weighted by Crippen LogP contribution is 2.35. The Hall–Kier alpha value is -1.51. The fourth-order valence-electron chi connectivity index (χ4n) is 2.73. The van der Waals surface area contributed by atoms with Gasteiger partial charge < -0.3 is 0 Å².